The highest BCUT2D eigenvalue weighted by Crippen LogP contribution is 2.72. The van der Waals surface area contributed by atoms with Crippen LogP contribution in [-0.4, -0.2) is 82.2 Å². The molecule has 6 atom stereocenters. The van der Waals surface area contributed by atoms with Gasteiger partial charge in [0.25, 0.3) is 5.91 Å². The van der Waals surface area contributed by atoms with Crippen LogP contribution in [0.15, 0.2) is 49.6 Å². The van der Waals surface area contributed by atoms with E-state index in [2.05, 4.69) is 31.9 Å². The molecule has 1 N–H and O–H groups in total. The summed E-state index contributed by atoms with van der Waals surface area (Å²) in [7, 11) is 0. The summed E-state index contributed by atoms with van der Waals surface area (Å²) in [6.07, 6.45) is 5.09. The van der Waals surface area contributed by atoms with E-state index < -0.39 is 39.4 Å². The molecule has 8 nitrogen and oxygen atoms in total. The summed E-state index contributed by atoms with van der Waals surface area (Å²) >= 11 is 1.60. The van der Waals surface area contributed by atoms with Crippen molar-refractivity contribution in [2.75, 3.05) is 42.6 Å². The summed E-state index contributed by atoms with van der Waals surface area (Å²) in [5.41, 5.74) is 1.79. The normalized spacial score (nSPS) is 28.5. The Balaban J connectivity index is 1.81. The summed E-state index contributed by atoms with van der Waals surface area (Å²) in [4.78, 5) is 48.4. The van der Waals surface area contributed by atoms with Gasteiger partial charge in [-0.3, -0.25) is 14.4 Å². The van der Waals surface area contributed by atoms with E-state index >= 15 is 0 Å². The second kappa shape index (κ2) is 12.8. The number of aliphatic hydroxyl groups excluding tert-OH is 1. The first kappa shape index (κ1) is 32.1. The van der Waals surface area contributed by atoms with Gasteiger partial charge in [0.15, 0.2) is 0 Å². The smallest absolute Gasteiger partial charge is 0.311 e. The summed E-state index contributed by atoms with van der Waals surface area (Å²) < 4.78 is 4.21. The molecule has 2 amide bonds. The first-order valence-corrected chi connectivity index (χ1v) is 16.0. The van der Waals surface area contributed by atoms with Gasteiger partial charge >= 0.3 is 5.97 Å². The molecule has 1 spiro atoms. The van der Waals surface area contributed by atoms with Gasteiger partial charge in [0.2, 0.25) is 5.91 Å². The van der Waals surface area contributed by atoms with Crippen molar-refractivity contribution in [2.24, 2.45) is 17.8 Å². The number of carbonyl (C=O) groups excluding carboxylic acids is 3. The quantitative estimate of drug-likeness (QED) is 0.246. The number of fused-ring (bicyclic) bond motifs is 1. The Morgan fingerprint density at radius 1 is 1.14 bits per heavy atom. The molecule has 3 saturated heterocycles. The van der Waals surface area contributed by atoms with Gasteiger partial charge < -0.3 is 24.5 Å². The van der Waals surface area contributed by atoms with Crippen molar-refractivity contribution in [2.45, 2.75) is 75.5 Å². The number of nitrogens with zero attached hydrogens (tertiary/aromatic N) is 3. The Kier molecular flexibility index (Phi) is 9.82. The third-order valence-electron chi connectivity index (χ3n) is 9.26. The molecule has 2 unspecified atom stereocenters. The minimum absolute atomic E-state index is 0.0687. The second-order valence-electron chi connectivity index (χ2n) is 12.3. The van der Waals surface area contributed by atoms with Gasteiger partial charge in [-0.15, -0.1) is 18.3 Å². The maximum Gasteiger partial charge on any atom is 0.311 e. The van der Waals surface area contributed by atoms with Crippen LogP contribution in [0.2, 0.25) is 0 Å². The molecule has 1 aromatic rings. The number of anilines is 2. The van der Waals surface area contributed by atoms with Gasteiger partial charge in [0.05, 0.1) is 29.2 Å². The van der Waals surface area contributed by atoms with E-state index in [1.807, 2.05) is 45.0 Å². The Bertz CT molecular complexity index is 1180. The van der Waals surface area contributed by atoms with Crippen LogP contribution in [-0.2, 0) is 19.1 Å². The second-order valence-corrected chi connectivity index (χ2v) is 14.2. The molecule has 9 heteroatoms. The van der Waals surface area contributed by atoms with Gasteiger partial charge in [-0.2, -0.15) is 0 Å². The Morgan fingerprint density at radius 3 is 2.33 bits per heavy atom. The van der Waals surface area contributed by atoms with Crippen LogP contribution in [0, 0.1) is 17.8 Å². The molecule has 42 heavy (non-hydrogen) atoms. The molecular weight excluding hydrogens is 550 g/mol. The van der Waals surface area contributed by atoms with Gasteiger partial charge in [-0.05, 0) is 70.2 Å². The fourth-order valence-electron chi connectivity index (χ4n) is 7.48. The molecule has 4 rings (SSSR count). The minimum Gasteiger partial charge on any atom is -0.461 e. The number of hydrogen-bond donors (Lipinski definition) is 1. The topological polar surface area (TPSA) is 90.4 Å². The number of hydrogen-bond acceptors (Lipinski definition) is 7. The number of amides is 2. The van der Waals surface area contributed by atoms with Crippen molar-refractivity contribution >= 4 is 40.9 Å². The Hall–Kier alpha value is -2.78. The molecule has 0 aromatic heterocycles. The molecule has 3 aliphatic rings. The fraction of sp³-hybridized carbons (Fsp3) is 0.606. The minimum atomic E-state index is -0.836. The highest BCUT2D eigenvalue weighted by Gasteiger charge is 2.78. The highest BCUT2D eigenvalue weighted by molar-refractivity contribution is 8.02. The summed E-state index contributed by atoms with van der Waals surface area (Å²) in [5, 5.41) is 10.6. The zero-order valence-corrected chi connectivity index (χ0v) is 26.6. The molecule has 0 radical (unpaired) electrons. The van der Waals surface area contributed by atoms with Crippen molar-refractivity contribution in [3.63, 3.8) is 0 Å². The molecule has 1 aromatic carbocycles. The van der Waals surface area contributed by atoms with Crippen LogP contribution in [0.5, 0.6) is 0 Å². The van der Waals surface area contributed by atoms with E-state index in [9.17, 15) is 19.5 Å². The van der Waals surface area contributed by atoms with Crippen molar-refractivity contribution in [3.05, 3.63) is 49.6 Å². The van der Waals surface area contributed by atoms with Gasteiger partial charge in [0, 0.05) is 35.8 Å². The first-order valence-electron chi connectivity index (χ1n) is 15.2. The van der Waals surface area contributed by atoms with E-state index in [0.717, 1.165) is 24.5 Å². The van der Waals surface area contributed by atoms with Crippen LogP contribution in [0.4, 0.5) is 11.4 Å². The maximum atomic E-state index is 14.9. The van der Waals surface area contributed by atoms with Crippen molar-refractivity contribution < 1.29 is 24.2 Å². The average molecular weight is 598 g/mol. The molecule has 3 heterocycles. The third-order valence-corrected chi connectivity index (χ3v) is 11.2. The van der Waals surface area contributed by atoms with Crippen molar-refractivity contribution in [1.29, 1.82) is 0 Å². The van der Waals surface area contributed by atoms with E-state index in [1.54, 1.807) is 27.6 Å². The Morgan fingerprint density at radius 2 is 1.79 bits per heavy atom. The number of ether oxygens (including phenoxy) is 1. The van der Waals surface area contributed by atoms with E-state index in [4.69, 9.17) is 4.74 Å². The molecule has 3 fully saturated rings. The highest BCUT2D eigenvalue weighted by atomic mass is 32.2. The van der Waals surface area contributed by atoms with E-state index in [0.29, 0.717) is 19.3 Å². The summed E-state index contributed by atoms with van der Waals surface area (Å²) in [6, 6.07) is 6.54. The number of thioether (sulfide) groups is 1. The fourth-order valence-corrected chi connectivity index (χ4v) is 9.80. The van der Waals surface area contributed by atoms with Gasteiger partial charge in [-0.25, -0.2) is 0 Å². The van der Waals surface area contributed by atoms with E-state index in [1.165, 1.54) is 6.08 Å². The number of rotatable bonds is 14. The molecule has 0 aliphatic carbocycles. The van der Waals surface area contributed by atoms with Crippen LogP contribution in [0.1, 0.15) is 53.9 Å². The first-order chi connectivity index (χ1) is 20.0. The lowest BCUT2D eigenvalue weighted by Gasteiger charge is -2.40. The monoisotopic (exact) mass is 597 g/mol. The van der Waals surface area contributed by atoms with Crippen LogP contribution in [0.25, 0.3) is 0 Å². The number of esters is 1. The molecule has 3 aliphatic heterocycles. The predicted molar refractivity (Wildman–Crippen MR) is 170 cm³/mol. The molecule has 230 valence electrons. The number of aliphatic hydroxyl groups is 1. The van der Waals surface area contributed by atoms with E-state index in [-0.39, 0.29) is 37.5 Å². The lowest BCUT2D eigenvalue weighted by Crippen LogP contribution is -2.57. The van der Waals surface area contributed by atoms with Crippen molar-refractivity contribution in [1.82, 2.24) is 4.90 Å². The van der Waals surface area contributed by atoms with Gasteiger partial charge in [0.1, 0.15) is 12.6 Å². The largest absolute Gasteiger partial charge is 0.461 e. The van der Waals surface area contributed by atoms with Crippen molar-refractivity contribution in [3.8, 4) is 0 Å². The van der Waals surface area contributed by atoms with Crippen LogP contribution < -0.4 is 9.80 Å². The maximum absolute atomic E-state index is 14.9. The standard InChI is InChI=1S/C33H47N3O5S/c1-8-18-35(24-14-12-23(13-15-24)34(10-3)11-4)30(39)28-33-17-16-32(7,42-33)27(31(40)41-19-9-2)26(33)29(38)36(28)25(21-37)20-22(5)6/h8-9,12-15,22,25-28,37H,1-2,10-11,16-21H2,3-7H3/t25-,26+,27-,28?,32+,33?/m1/s1. The molecular formula is C33H47N3O5S. The van der Waals surface area contributed by atoms with Crippen LogP contribution in [0.3, 0.4) is 0 Å². The zero-order chi connectivity index (χ0) is 30.8. The number of benzene rings is 1. The Labute approximate surface area is 255 Å². The zero-order valence-electron chi connectivity index (χ0n) is 25.8. The number of carbonyl (C=O) groups is 3. The predicted octanol–water partition coefficient (Wildman–Crippen LogP) is 4.67. The number of likely N-dealkylation sites (tertiary alicyclic amines) is 1. The van der Waals surface area contributed by atoms with Crippen LogP contribution >= 0.6 is 11.8 Å². The van der Waals surface area contributed by atoms with Gasteiger partial charge in [-0.1, -0.05) is 32.6 Å². The average Bonchev–Trinajstić information content (AvgIpc) is 3.54. The third kappa shape index (κ3) is 5.39. The SMILES string of the molecule is C=CCOC(=O)[C@H]1[C@H]2C(=O)N([C@@H](CO)CC(C)C)C(C(=O)N(CC=C)c3ccc(N(CC)CC)cc3)C23CC[C@]1(C)S3. The lowest BCUT2D eigenvalue weighted by molar-refractivity contribution is -0.155. The lowest BCUT2D eigenvalue weighted by atomic mass is 9.66. The summed E-state index contributed by atoms with van der Waals surface area (Å²) in [6.45, 7) is 19.7. The molecule has 0 saturated carbocycles. The summed E-state index contributed by atoms with van der Waals surface area (Å²) in [5.74, 6) is -2.05. The molecule has 2 bridgehead atoms.